The molecule has 0 aromatic heterocycles. The summed E-state index contributed by atoms with van der Waals surface area (Å²) in [6, 6.07) is 12.8. The number of hydrogen-bond donors (Lipinski definition) is 2. The lowest BCUT2D eigenvalue weighted by atomic mass is 9.80. The molecule has 36 heavy (non-hydrogen) atoms. The minimum Gasteiger partial charge on any atom is -0.496 e. The summed E-state index contributed by atoms with van der Waals surface area (Å²) in [5, 5.41) is 3.56. The number of ether oxygens (including phenoxy) is 1. The summed E-state index contributed by atoms with van der Waals surface area (Å²) in [7, 11) is -2.20. The number of rotatable bonds is 6. The Morgan fingerprint density at radius 2 is 1.72 bits per heavy atom. The maximum Gasteiger partial charge on any atom is 0.306 e. The molecule has 0 saturated carbocycles. The van der Waals surface area contributed by atoms with Crippen LogP contribution in [0.1, 0.15) is 49.1 Å². The first-order valence-corrected chi connectivity index (χ1v) is 13.4. The molecular formula is C28H31FN2O4S. The molecule has 3 aromatic carbocycles. The normalized spacial score (nSPS) is 15.4. The number of nitrogens with two attached hydrogens (primary N) is 1. The second kappa shape index (κ2) is 9.26. The van der Waals surface area contributed by atoms with E-state index < -0.39 is 16.2 Å². The molecule has 1 aliphatic heterocycles. The predicted molar refractivity (Wildman–Crippen MR) is 142 cm³/mol. The van der Waals surface area contributed by atoms with Crippen LogP contribution in [0.4, 0.5) is 10.1 Å². The number of aryl methyl sites for hydroxylation is 1. The molecule has 0 amide bonds. The van der Waals surface area contributed by atoms with Crippen LogP contribution in [-0.2, 0) is 10.1 Å². The van der Waals surface area contributed by atoms with E-state index in [0.29, 0.717) is 16.9 Å². The number of allylic oxidation sites excluding steroid dienone is 1. The summed E-state index contributed by atoms with van der Waals surface area (Å²) in [6.07, 6.45) is 3.13. The smallest absolute Gasteiger partial charge is 0.306 e. The Morgan fingerprint density at radius 1 is 1.03 bits per heavy atom. The Kier molecular flexibility index (Phi) is 6.62. The molecule has 3 aromatic rings. The van der Waals surface area contributed by atoms with Crippen molar-refractivity contribution in [2.45, 2.75) is 39.3 Å². The molecule has 4 rings (SSSR count). The van der Waals surface area contributed by atoms with Crippen LogP contribution >= 0.6 is 0 Å². The number of anilines is 1. The third-order valence-electron chi connectivity index (χ3n) is 6.27. The van der Waals surface area contributed by atoms with Gasteiger partial charge in [0.15, 0.2) is 0 Å². The SMILES string of the molecule is COc1cc(OS(C)(=O)=O)ccc1-c1ccc2c(c1C(N)c1cc(F)ccc1C)C(C)=CC(C)(C)N2. The molecule has 0 bridgehead atoms. The zero-order chi connectivity index (χ0) is 26.4. The molecule has 3 N–H and O–H groups in total. The van der Waals surface area contributed by atoms with Gasteiger partial charge in [0.1, 0.15) is 17.3 Å². The lowest BCUT2D eigenvalue weighted by Crippen LogP contribution is -2.32. The van der Waals surface area contributed by atoms with Gasteiger partial charge in [-0.25, -0.2) is 4.39 Å². The van der Waals surface area contributed by atoms with Gasteiger partial charge in [0.05, 0.1) is 24.9 Å². The average molecular weight is 511 g/mol. The number of methoxy groups -OCH3 is 1. The molecule has 0 saturated heterocycles. The van der Waals surface area contributed by atoms with Gasteiger partial charge < -0.3 is 20.0 Å². The quantitative estimate of drug-likeness (QED) is 0.407. The van der Waals surface area contributed by atoms with E-state index in [0.717, 1.165) is 39.8 Å². The lowest BCUT2D eigenvalue weighted by Gasteiger charge is -2.35. The fourth-order valence-corrected chi connectivity index (χ4v) is 5.38. The zero-order valence-corrected chi connectivity index (χ0v) is 22.1. The van der Waals surface area contributed by atoms with Crippen molar-refractivity contribution in [3.05, 3.63) is 82.7 Å². The van der Waals surface area contributed by atoms with Crippen molar-refractivity contribution in [1.29, 1.82) is 0 Å². The van der Waals surface area contributed by atoms with Crippen LogP contribution in [0, 0.1) is 12.7 Å². The first kappa shape index (κ1) is 25.7. The molecule has 0 fully saturated rings. The van der Waals surface area contributed by atoms with Crippen molar-refractivity contribution in [1.82, 2.24) is 0 Å². The predicted octanol–water partition coefficient (Wildman–Crippen LogP) is 5.80. The van der Waals surface area contributed by atoms with E-state index in [1.54, 1.807) is 18.2 Å². The van der Waals surface area contributed by atoms with E-state index >= 15 is 0 Å². The van der Waals surface area contributed by atoms with Gasteiger partial charge in [0, 0.05) is 22.9 Å². The fraction of sp³-hybridized carbons (Fsp3) is 0.286. The average Bonchev–Trinajstić information content (AvgIpc) is 2.77. The molecule has 6 nitrogen and oxygen atoms in total. The minimum absolute atomic E-state index is 0.141. The van der Waals surface area contributed by atoms with Crippen molar-refractivity contribution in [3.8, 4) is 22.6 Å². The summed E-state index contributed by atoms with van der Waals surface area (Å²) >= 11 is 0. The second-order valence-electron chi connectivity index (χ2n) is 9.75. The highest BCUT2D eigenvalue weighted by molar-refractivity contribution is 7.86. The van der Waals surface area contributed by atoms with Gasteiger partial charge in [-0.3, -0.25) is 0 Å². The standard InChI is InChI=1S/C28H31FN2O4S/c1-16-7-8-18(29)13-22(16)27(30)26-21(11-12-23-25(26)17(2)15-28(3,4)31-23)20-10-9-19(14-24(20)34-5)35-36(6,32)33/h7-15,27,31H,30H2,1-6H3. The van der Waals surface area contributed by atoms with Crippen molar-refractivity contribution < 1.29 is 21.7 Å². The first-order chi connectivity index (χ1) is 16.8. The van der Waals surface area contributed by atoms with E-state index in [-0.39, 0.29) is 17.1 Å². The summed E-state index contributed by atoms with van der Waals surface area (Å²) in [5.74, 6) is 0.206. The van der Waals surface area contributed by atoms with Crippen LogP contribution in [0.5, 0.6) is 11.5 Å². The van der Waals surface area contributed by atoms with Crippen LogP contribution in [0.25, 0.3) is 16.7 Å². The molecule has 0 spiro atoms. The van der Waals surface area contributed by atoms with Gasteiger partial charge in [-0.15, -0.1) is 0 Å². The lowest BCUT2D eigenvalue weighted by molar-refractivity contribution is 0.413. The molecule has 1 unspecified atom stereocenters. The number of hydrogen-bond acceptors (Lipinski definition) is 6. The third-order valence-corrected chi connectivity index (χ3v) is 6.77. The topological polar surface area (TPSA) is 90.7 Å². The Hall–Kier alpha value is -3.36. The summed E-state index contributed by atoms with van der Waals surface area (Å²) in [6.45, 7) is 8.13. The largest absolute Gasteiger partial charge is 0.496 e. The zero-order valence-electron chi connectivity index (χ0n) is 21.3. The van der Waals surface area contributed by atoms with E-state index in [1.165, 1.54) is 25.3 Å². The molecule has 190 valence electrons. The van der Waals surface area contributed by atoms with Gasteiger partial charge in [0.2, 0.25) is 0 Å². The number of halogens is 1. The van der Waals surface area contributed by atoms with Gasteiger partial charge in [-0.2, -0.15) is 8.42 Å². The van der Waals surface area contributed by atoms with E-state index in [2.05, 4.69) is 25.2 Å². The molecule has 0 aliphatic carbocycles. The molecule has 1 aliphatic rings. The minimum atomic E-state index is -3.70. The van der Waals surface area contributed by atoms with E-state index in [9.17, 15) is 12.8 Å². The maximum atomic E-state index is 14.3. The van der Waals surface area contributed by atoms with E-state index in [1.807, 2.05) is 26.0 Å². The highest BCUT2D eigenvalue weighted by Crippen LogP contribution is 2.46. The number of benzene rings is 3. The maximum absolute atomic E-state index is 14.3. The Morgan fingerprint density at radius 3 is 2.39 bits per heavy atom. The van der Waals surface area contributed by atoms with Crippen molar-refractivity contribution in [2.24, 2.45) is 5.73 Å². The van der Waals surface area contributed by atoms with Crippen LogP contribution in [0.3, 0.4) is 0 Å². The summed E-state index contributed by atoms with van der Waals surface area (Å²) in [4.78, 5) is 0. The second-order valence-corrected chi connectivity index (χ2v) is 11.3. The molecule has 0 radical (unpaired) electrons. The van der Waals surface area contributed by atoms with Crippen LogP contribution in [0.15, 0.2) is 54.6 Å². The Balaban J connectivity index is 2.00. The monoisotopic (exact) mass is 510 g/mol. The van der Waals surface area contributed by atoms with Gasteiger partial charge >= 0.3 is 10.1 Å². The highest BCUT2D eigenvalue weighted by Gasteiger charge is 2.30. The van der Waals surface area contributed by atoms with Crippen molar-refractivity contribution in [3.63, 3.8) is 0 Å². The molecule has 1 atom stereocenters. The number of fused-ring (bicyclic) bond motifs is 1. The van der Waals surface area contributed by atoms with Gasteiger partial charge in [0.25, 0.3) is 0 Å². The highest BCUT2D eigenvalue weighted by atomic mass is 32.2. The first-order valence-electron chi connectivity index (χ1n) is 11.5. The van der Waals surface area contributed by atoms with Crippen molar-refractivity contribution >= 4 is 21.4 Å². The van der Waals surface area contributed by atoms with Crippen LogP contribution in [-0.4, -0.2) is 27.3 Å². The van der Waals surface area contributed by atoms with Crippen LogP contribution < -0.4 is 20.0 Å². The van der Waals surface area contributed by atoms with E-state index in [4.69, 9.17) is 14.7 Å². The van der Waals surface area contributed by atoms with Crippen LogP contribution in [0.2, 0.25) is 0 Å². The Bertz CT molecular complexity index is 1480. The summed E-state index contributed by atoms with van der Waals surface area (Å²) in [5.41, 5.74) is 13.5. The Labute approximate surface area is 212 Å². The number of nitrogens with one attached hydrogen (secondary N) is 1. The third kappa shape index (κ3) is 5.10. The summed E-state index contributed by atoms with van der Waals surface area (Å²) < 4.78 is 48.3. The van der Waals surface area contributed by atoms with Gasteiger partial charge in [-0.05, 0) is 85.9 Å². The molecule has 8 heteroatoms. The molecule has 1 heterocycles. The molecular weight excluding hydrogens is 479 g/mol. The van der Waals surface area contributed by atoms with Gasteiger partial charge in [-0.1, -0.05) is 18.2 Å². The van der Waals surface area contributed by atoms with Crippen molar-refractivity contribution in [2.75, 3.05) is 18.7 Å². The fourth-order valence-electron chi connectivity index (χ4n) is 4.93.